The van der Waals surface area contributed by atoms with Crippen molar-refractivity contribution in [1.82, 2.24) is 10.2 Å². The van der Waals surface area contributed by atoms with Gasteiger partial charge < -0.3 is 10.2 Å². The van der Waals surface area contributed by atoms with Crippen molar-refractivity contribution in [3.63, 3.8) is 0 Å². The maximum Gasteiger partial charge on any atom is 0.242 e. The molecule has 0 saturated heterocycles. The highest BCUT2D eigenvalue weighted by molar-refractivity contribution is 7.98. The average Bonchev–Trinajstić information content (AvgIpc) is 2.71. The normalized spacial score (nSPS) is 11.7. The Kier molecular flexibility index (Phi) is 9.85. The Morgan fingerprint density at radius 3 is 2.52 bits per heavy atom. The maximum absolute atomic E-state index is 13.0. The van der Waals surface area contributed by atoms with Crippen molar-refractivity contribution in [3.8, 4) is 0 Å². The number of halogens is 2. The third kappa shape index (κ3) is 7.57. The van der Waals surface area contributed by atoms with E-state index in [9.17, 15) is 9.59 Å². The van der Waals surface area contributed by atoms with Crippen molar-refractivity contribution >= 4 is 46.8 Å². The summed E-state index contributed by atoms with van der Waals surface area (Å²) in [5.74, 6) is 1.28. The largest absolute Gasteiger partial charge is 0.355 e. The SMILES string of the molecule is CCNC(=O)[C@H](C)N(Cc1ccc(Cl)cc1Cl)C(=O)CCSCc1ccccc1. The second-order valence-electron chi connectivity index (χ2n) is 6.62. The summed E-state index contributed by atoms with van der Waals surface area (Å²) >= 11 is 14.0. The van der Waals surface area contributed by atoms with Crippen LogP contribution in [0.3, 0.4) is 0 Å². The van der Waals surface area contributed by atoms with Crippen LogP contribution >= 0.6 is 35.0 Å². The molecular formula is C22H26Cl2N2O2S. The highest BCUT2D eigenvalue weighted by Gasteiger charge is 2.26. The molecule has 2 rings (SSSR count). The molecule has 2 amide bonds. The molecule has 156 valence electrons. The van der Waals surface area contributed by atoms with E-state index in [1.165, 1.54) is 5.56 Å². The molecule has 4 nitrogen and oxygen atoms in total. The molecule has 0 aliphatic heterocycles. The van der Waals surface area contributed by atoms with E-state index in [0.29, 0.717) is 28.8 Å². The molecule has 1 atom stereocenters. The minimum Gasteiger partial charge on any atom is -0.355 e. The number of rotatable bonds is 10. The lowest BCUT2D eigenvalue weighted by Crippen LogP contribution is -2.47. The molecule has 0 aliphatic carbocycles. The Labute approximate surface area is 187 Å². The van der Waals surface area contributed by atoms with Gasteiger partial charge in [0, 0.05) is 41.1 Å². The Hall–Kier alpha value is -1.69. The zero-order valence-electron chi connectivity index (χ0n) is 16.7. The average molecular weight is 453 g/mol. The van der Waals surface area contributed by atoms with Gasteiger partial charge in [0.1, 0.15) is 6.04 Å². The van der Waals surface area contributed by atoms with E-state index >= 15 is 0 Å². The molecule has 0 unspecified atom stereocenters. The lowest BCUT2D eigenvalue weighted by atomic mass is 10.1. The molecular weight excluding hydrogens is 427 g/mol. The number of hydrogen-bond donors (Lipinski definition) is 1. The van der Waals surface area contributed by atoms with Crippen LogP contribution in [0.15, 0.2) is 48.5 Å². The van der Waals surface area contributed by atoms with Crippen LogP contribution in [0.4, 0.5) is 0 Å². The van der Waals surface area contributed by atoms with Crippen molar-refractivity contribution < 1.29 is 9.59 Å². The summed E-state index contributed by atoms with van der Waals surface area (Å²) in [6.45, 7) is 4.37. The quantitative estimate of drug-likeness (QED) is 0.505. The fourth-order valence-electron chi connectivity index (χ4n) is 2.81. The minimum atomic E-state index is -0.590. The predicted octanol–water partition coefficient (Wildman–Crippen LogP) is 5.17. The zero-order chi connectivity index (χ0) is 21.2. The summed E-state index contributed by atoms with van der Waals surface area (Å²) < 4.78 is 0. The Morgan fingerprint density at radius 2 is 1.86 bits per heavy atom. The topological polar surface area (TPSA) is 49.4 Å². The summed E-state index contributed by atoms with van der Waals surface area (Å²) in [4.78, 5) is 26.9. The second kappa shape index (κ2) is 12.1. The van der Waals surface area contributed by atoms with Crippen LogP contribution in [0, 0.1) is 0 Å². The first-order valence-electron chi connectivity index (χ1n) is 9.55. The van der Waals surface area contributed by atoms with E-state index < -0.39 is 6.04 Å². The van der Waals surface area contributed by atoms with Crippen LogP contribution in [0.2, 0.25) is 10.0 Å². The van der Waals surface area contributed by atoms with Crippen LogP contribution in [0.1, 0.15) is 31.4 Å². The number of nitrogens with zero attached hydrogens (tertiary/aromatic N) is 1. The van der Waals surface area contributed by atoms with E-state index in [0.717, 1.165) is 11.3 Å². The van der Waals surface area contributed by atoms with Crippen molar-refractivity contribution in [1.29, 1.82) is 0 Å². The monoisotopic (exact) mass is 452 g/mol. The standard InChI is InChI=1S/C22H26Cl2N2O2S/c1-3-25-22(28)16(2)26(14-18-9-10-19(23)13-20(18)24)21(27)11-12-29-15-17-7-5-4-6-8-17/h4-10,13,16H,3,11-12,14-15H2,1-2H3,(H,25,28)/t16-/m0/s1. The number of carbonyl (C=O) groups is 2. The third-order valence-corrected chi connectivity index (χ3v) is 6.06. The molecule has 0 aromatic heterocycles. The molecule has 7 heteroatoms. The van der Waals surface area contributed by atoms with Crippen molar-refractivity contribution in [2.24, 2.45) is 0 Å². The Morgan fingerprint density at radius 1 is 1.14 bits per heavy atom. The summed E-state index contributed by atoms with van der Waals surface area (Å²) in [6, 6.07) is 14.7. The van der Waals surface area contributed by atoms with Gasteiger partial charge in [-0.3, -0.25) is 9.59 Å². The van der Waals surface area contributed by atoms with E-state index in [2.05, 4.69) is 17.4 Å². The molecule has 0 aliphatic rings. The third-order valence-electron chi connectivity index (χ3n) is 4.45. The molecule has 0 saturated carbocycles. The van der Waals surface area contributed by atoms with Crippen LogP contribution in [0.5, 0.6) is 0 Å². The van der Waals surface area contributed by atoms with E-state index in [1.54, 1.807) is 41.8 Å². The smallest absolute Gasteiger partial charge is 0.242 e. The molecule has 0 fully saturated rings. The molecule has 0 heterocycles. The van der Waals surface area contributed by atoms with Crippen LogP contribution in [-0.4, -0.2) is 35.1 Å². The van der Waals surface area contributed by atoms with E-state index in [1.807, 2.05) is 25.1 Å². The van der Waals surface area contributed by atoms with E-state index in [-0.39, 0.29) is 18.4 Å². The van der Waals surface area contributed by atoms with Crippen molar-refractivity contribution in [2.45, 2.75) is 38.6 Å². The van der Waals surface area contributed by atoms with Crippen LogP contribution in [-0.2, 0) is 21.9 Å². The lowest BCUT2D eigenvalue weighted by molar-refractivity contribution is -0.140. The number of benzene rings is 2. The number of carbonyl (C=O) groups excluding carboxylic acids is 2. The molecule has 0 bridgehead atoms. The number of thioether (sulfide) groups is 1. The van der Waals surface area contributed by atoms with Gasteiger partial charge in [-0.1, -0.05) is 59.6 Å². The van der Waals surface area contributed by atoms with Gasteiger partial charge in [0.2, 0.25) is 11.8 Å². The van der Waals surface area contributed by atoms with Crippen LogP contribution in [0.25, 0.3) is 0 Å². The number of hydrogen-bond acceptors (Lipinski definition) is 3. The molecule has 2 aromatic rings. The van der Waals surface area contributed by atoms with E-state index in [4.69, 9.17) is 23.2 Å². The molecule has 1 N–H and O–H groups in total. The molecule has 0 radical (unpaired) electrons. The summed E-state index contributed by atoms with van der Waals surface area (Å²) in [7, 11) is 0. The van der Waals surface area contributed by atoms with Gasteiger partial charge in [0.25, 0.3) is 0 Å². The first kappa shape index (κ1) is 23.6. The number of likely N-dealkylation sites (N-methyl/N-ethyl adjacent to an activating group) is 1. The van der Waals surface area contributed by atoms with Crippen molar-refractivity contribution in [3.05, 3.63) is 69.7 Å². The van der Waals surface area contributed by atoms with Gasteiger partial charge in [-0.15, -0.1) is 0 Å². The molecule has 2 aromatic carbocycles. The number of nitrogens with one attached hydrogen (secondary N) is 1. The lowest BCUT2D eigenvalue weighted by Gasteiger charge is -2.29. The highest BCUT2D eigenvalue weighted by Crippen LogP contribution is 2.24. The fourth-order valence-corrected chi connectivity index (χ4v) is 4.17. The Bertz CT molecular complexity index is 818. The maximum atomic E-state index is 13.0. The Balaban J connectivity index is 2.02. The predicted molar refractivity (Wildman–Crippen MR) is 122 cm³/mol. The van der Waals surface area contributed by atoms with Crippen molar-refractivity contribution in [2.75, 3.05) is 12.3 Å². The van der Waals surface area contributed by atoms with Gasteiger partial charge in [0.05, 0.1) is 0 Å². The first-order chi connectivity index (χ1) is 13.9. The van der Waals surface area contributed by atoms with Gasteiger partial charge >= 0.3 is 0 Å². The molecule has 29 heavy (non-hydrogen) atoms. The fraction of sp³-hybridized carbons (Fsp3) is 0.364. The van der Waals surface area contributed by atoms with Gasteiger partial charge in [-0.25, -0.2) is 0 Å². The van der Waals surface area contributed by atoms with Crippen LogP contribution < -0.4 is 5.32 Å². The molecule has 0 spiro atoms. The zero-order valence-corrected chi connectivity index (χ0v) is 19.0. The summed E-state index contributed by atoms with van der Waals surface area (Å²) in [5, 5.41) is 3.80. The minimum absolute atomic E-state index is 0.0738. The van der Waals surface area contributed by atoms with Gasteiger partial charge in [-0.05, 0) is 37.1 Å². The summed E-state index contributed by atoms with van der Waals surface area (Å²) in [6.07, 6.45) is 0.354. The second-order valence-corrected chi connectivity index (χ2v) is 8.56. The van der Waals surface area contributed by atoms with Gasteiger partial charge in [-0.2, -0.15) is 11.8 Å². The summed E-state index contributed by atoms with van der Waals surface area (Å²) in [5.41, 5.74) is 1.99. The first-order valence-corrected chi connectivity index (χ1v) is 11.5. The number of amides is 2. The highest BCUT2D eigenvalue weighted by atomic mass is 35.5. The van der Waals surface area contributed by atoms with Gasteiger partial charge in [0.15, 0.2) is 0 Å².